The number of benzene rings is 1. The van der Waals surface area contributed by atoms with E-state index in [0.717, 1.165) is 42.1 Å². The van der Waals surface area contributed by atoms with Gasteiger partial charge in [0.1, 0.15) is 0 Å². The highest BCUT2D eigenvalue weighted by molar-refractivity contribution is 7.85. The molecule has 6 heteroatoms. The summed E-state index contributed by atoms with van der Waals surface area (Å²) in [6.07, 6.45) is 1.27. The number of nitrogens with zero attached hydrogens (tertiary/aromatic N) is 1. The number of nitrogen functional groups attached to an aromatic ring is 1. The van der Waals surface area contributed by atoms with Gasteiger partial charge in [0, 0.05) is 47.5 Å². The molecule has 19 heavy (non-hydrogen) atoms. The van der Waals surface area contributed by atoms with Crippen molar-refractivity contribution in [2.24, 2.45) is 0 Å². The van der Waals surface area contributed by atoms with E-state index in [1.165, 1.54) is 0 Å². The molecule has 3 rings (SSSR count). The summed E-state index contributed by atoms with van der Waals surface area (Å²) < 4.78 is 11.4. The van der Waals surface area contributed by atoms with Crippen LogP contribution in [0.15, 0.2) is 12.1 Å². The van der Waals surface area contributed by atoms with Gasteiger partial charge in [-0.2, -0.15) is 0 Å². The third kappa shape index (κ3) is 2.45. The quantitative estimate of drug-likeness (QED) is 0.743. The van der Waals surface area contributed by atoms with Gasteiger partial charge in [-0.1, -0.05) is 0 Å². The highest BCUT2D eigenvalue weighted by atomic mass is 32.2. The first-order valence-electron chi connectivity index (χ1n) is 6.45. The van der Waals surface area contributed by atoms with Crippen molar-refractivity contribution in [3.05, 3.63) is 17.7 Å². The van der Waals surface area contributed by atoms with Crippen LogP contribution in [-0.4, -0.2) is 34.7 Å². The second-order valence-corrected chi connectivity index (χ2v) is 6.65. The number of hydrogen-bond donors (Lipinski definition) is 2. The number of aryl methyl sites for hydroxylation is 1. The van der Waals surface area contributed by atoms with Crippen molar-refractivity contribution in [3.63, 3.8) is 0 Å². The van der Waals surface area contributed by atoms with Crippen molar-refractivity contribution in [1.29, 1.82) is 0 Å². The number of anilines is 3. The van der Waals surface area contributed by atoms with Crippen LogP contribution < -0.4 is 16.0 Å². The van der Waals surface area contributed by atoms with Crippen LogP contribution in [0.4, 0.5) is 17.1 Å². The molecule has 102 valence electrons. The third-order valence-corrected chi connectivity index (χ3v) is 4.94. The average Bonchev–Trinajstić information content (AvgIpc) is 2.40. The van der Waals surface area contributed by atoms with Crippen LogP contribution >= 0.6 is 0 Å². The van der Waals surface area contributed by atoms with E-state index in [1.807, 2.05) is 12.1 Å². The Hall–Kier alpha value is -1.56. The van der Waals surface area contributed by atoms with E-state index in [0.29, 0.717) is 17.9 Å². The summed E-state index contributed by atoms with van der Waals surface area (Å²) in [5.41, 5.74) is 9.76. The topological polar surface area (TPSA) is 75.4 Å². The molecule has 5 nitrogen and oxygen atoms in total. The van der Waals surface area contributed by atoms with Gasteiger partial charge in [-0.15, -0.1) is 0 Å². The zero-order valence-electron chi connectivity index (χ0n) is 10.6. The molecule has 0 aliphatic carbocycles. The van der Waals surface area contributed by atoms with Crippen molar-refractivity contribution < 1.29 is 9.00 Å². The monoisotopic (exact) mass is 279 g/mol. The van der Waals surface area contributed by atoms with E-state index >= 15 is 0 Å². The van der Waals surface area contributed by atoms with Crippen LogP contribution in [0.5, 0.6) is 0 Å². The number of nitrogens with two attached hydrogens (primary N) is 1. The van der Waals surface area contributed by atoms with Crippen LogP contribution in [0.3, 0.4) is 0 Å². The van der Waals surface area contributed by atoms with Gasteiger partial charge < -0.3 is 16.0 Å². The zero-order chi connectivity index (χ0) is 13.4. The SMILES string of the molecule is Nc1cc2c(cc1N1CCS(=O)CC1)NC(=O)CC2. The first-order valence-corrected chi connectivity index (χ1v) is 7.94. The molecule has 1 aromatic carbocycles. The Kier molecular flexibility index (Phi) is 3.18. The number of carbonyl (C=O) groups is 1. The maximum absolute atomic E-state index is 11.4. The largest absolute Gasteiger partial charge is 0.397 e. The predicted molar refractivity (Wildman–Crippen MR) is 77.9 cm³/mol. The summed E-state index contributed by atoms with van der Waals surface area (Å²) in [5.74, 6) is 1.43. The van der Waals surface area contributed by atoms with E-state index in [9.17, 15) is 9.00 Å². The highest BCUT2D eigenvalue weighted by Crippen LogP contribution is 2.33. The van der Waals surface area contributed by atoms with Crippen molar-refractivity contribution >= 4 is 33.8 Å². The van der Waals surface area contributed by atoms with Crippen LogP contribution in [0.25, 0.3) is 0 Å². The summed E-state index contributed by atoms with van der Waals surface area (Å²) >= 11 is 0. The van der Waals surface area contributed by atoms with Crippen molar-refractivity contribution in [3.8, 4) is 0 Å². The minimum atomic E-state index is -0.701. The molecular formula is C13H17N3O2S. The van der Waals surface area contributed by atoms with Gasteiger partial charge in [0.25, 0.3) is 0 Å². The second kappa shape index (κ2) is 4.85. The number of amides is 1. The molecule has 0 bridgehead atoms. The molecule has 0 unspecified atom stereocenters. The van der Waals surface area contributed by atoms with E-state index in [-0.39, 0.29) is 5.91 Å². The van der Waals surface area contributed by atoms with Gasteiger partial charge in [0.15, 0.2) is 0 Å². The Labute approximate surface area is 114 Å². The lowest BCUT2D eigenvalue weighted by Gasteiger charge is -2.31. The van der Waals surface area contributed by atoms with E-state index in [4.69, 9.17) is 5.73 Å². The minimum absolute atomic E-state index is 0.0583. The standard InChI is InChI=1S/C13H17N3O2S/c14-10-7-9-1-2-13(17)15-11(9)8-12(10)16-3-5-19(18)6-4-16/h7-8H,1-6,14H2,(H,15,17). The number of nitrogens with one attached hydrogen (secondary N) is 1. The fourth-order valence-electron chi connectivity index (χ4n) is 2.59. The lowest BCUT2D eigenvalue weighted by molar-refractivity contribution is -0.116. The first kappa shape index (κ1) is 12.5. The van der Waals surface area contributed by atoms with Gasteiger partial charge in [0.05, 0.1) is 11.4 Å². The van der Waals surface area contributed by atoms with E-state index in [2.05, 4.69) is 10.2 Å². The van der Waals surface area contributed by atoms with Gasteiger partial charge in [-0.25, -0.2) is 0 Å². The molecule has 0 aromatic heterocycles. The molecule has 1 aromatic rings. The Morgan fingerprint density at radius 2 is 1.95 bits per heavy atom. The summed E-state index contributed by atoms with van der Waals surface area (Å²) in [6.45, 7) is 1.51. The Bertz CT molecular complexity index is 549. The zero-order valence-corrected chi connectivity index (χ0v) is 11.5. The Morgan fingerprint density at radius 3 is 2.68 bits per heavy atom. The number of rotatable bonds is 1. The number of fused-ring (bicyclic) bond motifs is 1. The molecule has 2 heterocycles. The van der Waals surface area contributed by atoms with Crippen LogP contribution in [0.2, 0.25) is 0 Å². The fourth-order valence-corrected chi connectivity index (χ4v) is 3.64. The van der Waals surface area contributed by atoms with Gasteiger partial charge in [-0.05, 0) is 24.1 Å². The second-order valence-electron chi connectivity index (χ2n) is 4.95. The van der Waals surface area contributed by atoms with Crippen molar-refractivity contribution in [1.82, 2.24) is 0 Å². The third-order valence-electron chi connectivity index (χ3n) is 3.67. The summed E-state index contributed by atoms with van der Waals surface area (Å²) in [5, 5.41) is 2.89. The van der Waals surface area contributed by atoms with Gasteiger partial charge in [-0.3, -0.25) is 9.00 Å². The molecule has 3 N–H and O–H groups in total. The molecule has 1 amide bonds. The molecule has 2 aliphatic rings. The molecule has 0 atom stereocenters. The van der Waals surface area contributed by atoms with Crippen LogP contribution in [0.1, 0.15) is 12.0 Å². The lowest BCUT2D eigenvalue weighted by Crippen LogP contribution is -2.38. The maximum Gasteiger partial charge on any atom is 0.224 e. The van der Waals surface area contributed by atoms with Crippen LogP contribution in [0, 0.1) is 0 Å². The summed E-state index contributed by atoms with van der Waals surface area (Å²) in [7, 11) is -0.701. The molecule has 0 radical (unpaired) electrons. The minimum Gasteiger partial charge on any atom is -0.397 e. The molecule has 0 spiro atoms. The molecule has 2 aliphatic heterocycles. The van der Waals surface area contributed by atoms with Gasteiger partial charge in [0.2, 0.25) is 5.91 Å². The Balaban J connectivity index is 1.91. The maximum atomic E-state index is 11.4. The van der Waals surface area contributed by atoms with Crippen LogP contribution in [-0.2, 0) is 22.0 Å². The molecule has 1 saturated heterocycles. The average molecular weight is 279 g/mol. The number of carbonyl (C=O) groups excluding carboxylic acids is 1. The fraction of sp³-hybridized carbons (Fsp3) is 0.462. The summed E-state index contributed by atoms with van der Waals surface area (Å²) in [4.78, 5) is 13.6. The van der Waals surface area contributed by atoms with Crippen molar-refractivity contribution in [2.45, 2.75) is 12.8 Å². The number of hydrogen-bond acceptors (Lipinski definition) is 4. The molecule has 1 fully saturated rings. The van der Waals surface area contributed by atoms with E-state index in [1.54, 1.807) is 0 Å². The smallest absolute Gasteiger partial charge is 0.224 e. The van der Waals surface area contributed by atoms with E-state index < -0.39 is 10.8 Å². The summed E-state index contributed by atoms with van der Waals surface area (Å²) in [6, 6.07) is 3.91. The van der Waals surface area contributed by atoms with Crippen molar-refractivity contribution in [2.75, 3.05) is 40.5 Å². The lowest BCUT2D eigenvalue weighted by atomic mass is 10.0. The normalized spacial score (nSPS) is 20.0. The molecule has 0 saturated carbocycles. The Morgan fingerprint density at radius 1 is 1.21 bits per heavy atom. The predicted octanol–water partition coefficient (Wildman–Crippen LogP) is 0.722. The highest BCUT2D eigenvalue weighted by Gasteiger charge is 2.21. The molecular weight excluding hydrogens is 262 g/mol. The van der Waals surface area contributed by atoms with Gasteiger partial charge >= 0.3 is 0 Å². The first-order chi connectivity index (χ1) is 9.13.